The molecule has 0 aliphatic rings. The van der Waals surface area contributed by atoms with E-state index in [0.29, 0.717) is 0 Å². The summed E-state index contributed by atoms with van der Waals surface area (Å²) in [5, 5.41) is 4.24. The molecular formula is C29H30IOP. The zero-order valence-corrected chi connectivity index (χ0v) is 22.2. The van der Waals surface area contributed by atoms with E-state index in [2.05, 4.69) is 134 Å². The molecule has 4 aromatic rings. The van der Waals surface area contributed by atoms with Gasteiger partial charge in [-0.05, 0) is 0 Å². The number of rotatable bonds is 6. The number of ether oxygens (including phenoxy) is 1. The zero-order valence-electron chi connectivity index (χ0n) is 19.2. The average molecular weight is 552 g/mol. The second kappa shape index (κ2) is 9.00. The summed E-state index contributed by atoms with van der Waals surface area (Å²) in [6, 6.07) is 36.0. The standard InChI is InChI=1S/C29H30IOP/c1-22-9-5-14-27(17-22)32(30,28-15-6-10-23(2)18-28,29-16-7-11-24(3)19-29)21-25-12-8-13-26(20-25)31-4/h5-20H,21H2,1-4H3. The van der Waals surface area contributed by atoms with E-state index in [9.17, 15) is 0 Å². The van der Waals surface area contributed by atoms with E-state index in [1.807, 2.05) is 6.07 Å². The van der Waals surface area contributed by atoms with Gasteiger partial charge in [0.15, 0.2) is 0 Å². The third-order valence-corrected chi connectivity index (χ3v) is 17.3. The van der Waals surface area contributed by atoms with Crippen LogP contribution in [0, 0.1) is 20.8 Å². The molecule has 4 aromatic carbocycles. The van der Waals surface area contributed by atoms with E-state index in [0.717, 1.165) is 11.9 Å². The van der Waals surface area contributed by atoms with Crippen molar-refractivity contribution in [2.45, 2.75) is 26.9 Å². The van der Waals surface area contributed by atoms with Crippen LogP contribution >= 0.6 is 26.3 Å². The van der Waals surface area contributed by atoms with Crippen LogP contribution in [-0.2, 0) is 6.16 Å². The first-order valence-electron chi connectivity index (χ1n) is 10.9. The van der Waals surface area contributed by atoms with E-state index >= 15 is 0 Å². The summed E-state index contributed by atoms with van der Waals surface area (Å²) in [4.78, 5) is 0. The topological polar surface area (TPSA) is 9.23 Å². The van der Waals surface area contributed by atoms with Crippen molar-refractivity contribution in [3.63, 3.8) is 0 Å². The third-order valence-electron chi connectivity index (χ3n) is 6.23. The van der Waals surface area contributed by atoms with E-state index in [-0.39, 0.29) is 0 Å². The summed E-state index contributed by atoms with van der Waals surface area (Å²) < 4.78 is 2.69. The molecule has 0 fully saturated rings. The Hall–Kier alpha value is -2.16. The quantitative estimate of drug-likeness (QED) is 0.185. The van der Waals surface area contributed by atoms with Gasteiger partial charge in [0.1, 0.15) is 0 Å². The van der Waals surface area contributed by atoms with Gasteiger partial charge in [-0.3, -0.25) is 0 Å². The molecule has 164 valence electrons. The van der Waals surface area contributed by atoms with Crippen LogP contribution in [0.25, 0.3) is 0 Å². The molecule has 0 saturated carbocycles. The molecule has 32 heavy (non-hydrogen) atoms. The summed E-state index contributed by atoms with van der Waals surface area (Å²) in [7, 11) is 1.74. The fraction of sp³-hybridized carbons (Fsp3) is 0.172. The molecule has 0 amide bonds. The molecule has 0 heterocycles. The number of aryl methyl sites for hydroxylation is 3. The molecule has 0 radical (unpaired) electrons. The molecule has 0 aliphatic heterocycles. The van der Waals surface area contributed by atoms with E-state index in [1.165, 1.54) is 38.2 Å². The molecule has 4 rings (SSSR count). The molecule has 0 aromatic heterocycles. The Labute approximate surface area is 205 Å². The fourth-order valence-electron chi connectivity index (χ4n) is 4.59. The third kappa shape index (κ3) is 4.11. The van der Waals surface area contributed by atoms with E-state index in [4.69, 9.17) is 4.74 Å². The molecule has 3 heteroatoms. The number of benzene rings is 4. The molecule has 0 unspecified atom stereocenters. The van der Waals surface area contributed by atoms with Crippen molar-refractivity contribution in [2.75, 3.05) is 7.11 Å². The summed E-state index contributed by atoms with van der Waals surface area (Å²) in [6.45, 7) is 6.58. The minimum absolute atomic E-state index is 0.904. The molecule has 0 saturated heterocycles. The second-order valence-corrected chi connectivity index (χ2v) is 19.3. The molecule has 1 nitrogen and oxygen atoms in total. The Kier molecular flexibility index (Phi) is 6.47. The van der Waals surface area contributed by atoms with Crippen molar-refractivity contribution >= 4 is 42.2 Å². The van der Waals surface area contributed by atoms with E-state index in [1.54, 1.807) is 7.11 Å². The molecule has 0 N–H and O–H groups in total. The van der Waals surface area contributed by atoms with Crippen LogP contribution in [-0.4, -0.2) is 7.11 Å². The van der Waals surface area contributed by atoms with Crippen molar-refractivity contribution in [1.82, 2.24) is 0 Å². The first-order chi connectivity index (χ1) is 15.3. The summed E-state index contributed by atoms with van der Waals surface area (Å²) >= 11 is 2.87. The Morgan fingerprint density at radius 3 is 1.47 bits per heavy atom. The molecule has 0 aliphatic carbocycles. The van der Waals surface area contributed by atoms with Crippen LogP contribution in [0.5, 0.6) is 5.75 Å². The van der Waals surface area contributed by atoms with Crippen LogP contribution < -0.4 is 20.7 Å². The number of hydrogen-bond acceptors (Lipinski definition) is 1. The van der Waals surface area contributed by atoms with Gasteiger partial charge in [-0.25, -0.2) is 0 Å². The van der Waals surface area contributed by atoms with Gasteiger partial charge in [-0.15, -0.1) is 0 Å². The van der Waals surface area contributed by atoms with Crippen LogP contribution in [0.4, 0.5) is 0 Å². The van der Waals surface area contributed by atoms with Gasteiger partial charge in [0.2, 0.25) is 0 Å². The summed E-state index contributed by atoms with van der Waals surface area (Å²) in [6.07, 6.45) is 0.930. The number of hydrogen-bond donors (Lipinski definition) is 0. The number of methoxy groups -OCH3 is 1. The second-order valence-electron chi connectivity index (χ2n) is 8.71. The maximum atomic E-state index is 5.59. The zero-order chi connectivity index (χ0) is 22.8. The van der Waals surface area contributed by atoms with Crippen LogP contribution in [0.1, 0.15) is 22.3 Å². The monoisotopic (exact) mass is 552 g/mol. The van der Waals surface area contributed by atoms with Gasteiger partial charge in [0.25, 0.3) is 0 Å². The van der Waals surface area contributed by atoms with Crippen molar-refractivity contribution in [2.24, 2.45) is 0 Å². The number of halogens is 1. The molecule has 0 spiro atoms. The predicted octanol–water partition coefficient (Wildman–Crippen LogP) is 7.00. The van der Waals surface area contributed by atoms with Gasteiger partial charge in [-0.2, -0.15) is 0 Å². The minimum atomic E-state index is -2.90. The molecular weight excluding hydrogens is 522 g/mol. The van der Waals surface area contributed by atoms with Crippen molar-refractivity contribution in [1.29, 1.82) is 0 Å². The Balaban J connectivity index is 2.13. The fourth-order valence-corrected chi connectivity index (χ4v) is 13.4. The van der Waals surface area contributed by atoms with Gasteiger partial charge in [-0.1, -0.05) is 0 Å². The van der Waals surface area contributed by atoms with Gasteiger partial charge >= 0.3 is 206 Å². The summed E-state index contributed by atoms with van der Waals surface area (Å²) in [5.41, 5.74) is 5.17. The van der Waals surface area contributed by atoms with Crippen LogP contribution in [0.2, 0.25) is 0 Å². The first kappa shape index (κ1) is 23.0. The van der Waals surface area contributed by atoms with Crippen molar-refractivity contribution in [3.8, 4) is 5.75 Å². The van der Waals surface area contributed by atoms with Gasteiger partial charge in [0, 0.05) is 0 Å². The Bertz CT molecular complexity index is 1150. The van der Waals surface area contributed by atoms with Gasteiger partial charge in [0.05, 0.1) is 0 Å². The Morgan fingerprint density at radius 1 is 0.625 bits per heavy atom. The first-order valence-corrected chi connectivity index (χ1v) is 16.1. The van der Waals surface area contributed by atoms with Crippen molar-refractivity contribution in [3.05, 3.63) is 119 Å². The predicted molar refractivity (Wildman–Crippen MR) is 150 cm³/mol. The van der Waals surface area contributed by atoms with Gasteiger partial charge < -0.3 is 0 Å². The SMILES string of the molecule is COc1cccc(CP(I)(c2cccc(C)c2)(c2cccc(C)c2)c2cccc(C)c2)c1. The Morgan fingerprint density at radius 2 is 1.06 bits per heavy atom. The summed E-state index contributed by atoms with van der Waals surface area (Å²) in [5.74, 6) is 0.904. The van der Waals surface area contributed by atoms with Crippen LogP contribution in [0.15, 0.2) is 97.1 Å². The average Bonchev–Trinajstić information content (AvgIpc) is 2.79. The van der Waals surface area contributed by atoms with E-state index < -0.39 is 4.25 Å². The normalized spacial score (nSPS) is 12.7. The van der Waals surface area contributed by atoms with Crippen LogP contribution in [0.3, 0.4) is 0 Å². The molecule has 0 atom stereocenters. The van der Waals surface area contributed by atoms with Crippen molar-refractivity contribution < 1.29 is 4.74 Å². The molecule has 0 bridgehead atoms. The maximum absolute atomic E-state index is 5.59.